The number of para-hydroxylation sites is 2. The SMILES string of the molecule is Cc1nc2ccccc2n1Cc1nnc2n1CCOCC2. The van der Waals surface area contributed by atoms with E-state index in [1.807, 2.05) is 25.1 Å². The van der Waals surface area contributed by atoms with Crippen molar-refractivity contribution in [2.45, 2.75) is 26.4 Å². The van der Waals surface area contributed by atoms with Crippen LogP contribution in [-0.2, 0) is 24.2 Å². The Kier molecular flexibility index (Phi) is 2.96. The van der Waals surface area contributed by atoms with Gasteiger partial charge in [0.25, 0.3) is 0 Å². The minimum Gasteiger partial charge on any atom is -0.379 e. The van der Waals surface area contributed by atoms with Crippen molar-refractivity contribution in [2.75, 3.05) is 13.2 Å². The quantitative estimate of drug-likeness (QED) is 0.716. The molecule has 108 valence electrons. The standard InChI is InChI=1S/C15H17N5O/c1-11-16-12-4-2-3-5-13(12)20(11)10-15-18-17-14-6-8-21-9-7-19(14)15/h2-5H,6-10H2,1H3. The first-order chi connectivity index (χ1) is 10.3. The van der Waals surface area contributed by atoms with E-state index in [2.05, 4.69) is 30.4 Å². The molecule has 1 aromatic carbocycles. The minimum absolute atomic E-state index is 0.694. The number of nitrogens with zero attached hydrogens (tertiary/aromatic N) is 5. The molecule has 6 nitrogen and oxygen atoms in total. The van der Waals surface area contributed by atoms with Crippen molar-refractivity contribution in [3.63, 3.8) is 0 Å². The Hall–Kier alpha value is -2.21. The van der Waals surface area contributed by atoms with Gasteiger partial charge in [0, 0.05) is 13.0 Å². The van der Waals surface area contributed by atoms with E-state index in [9.17, 15) is 0 Å². The molecular weight excluding hydrogens is 266 g/mol. The lowest BCUT2D eigenvalue weighted by Gasteiger charge is -2.09. The monoisotopic (exact) mass is 283 g/mol. The van der Waals surface area contributed by atoms with E-state index in [1.165, 1.54) is 0 Å². The molecule has 3 heterocycles. The highest BCUT2D eigenvalue weighted by Crippen LogP contribution is 2.17. The summed E-state index contributed by atoms with van der Waals surface area (Å²) in [4.78, 5) is 4.61. The second-order valence-corrected chi connectivity index (χ2v) is 5.28. The second kappa shape index (κ2) is 4.96. The maximum absolute atomic E-state index is 5.51. The van der Waals surface area contributed by atoms with Crippen LogP contribution < -0.4 is 0 Å². The fourth-order valence-corrected chi connectivity index (χ4v) is 2.89. The summed E-state index contributed by atoms with van der Waals surface area (Å²) in [7, 11) is 0. The number of benzene rings is 1. The van der Waals surface area contributed by atoms with Gasteiger partial charge in [0.1, 0.15) is 11.6 Å². The highest BCUT2D eigenvalue weighted by atomic mass is 16.5. The lowest BCUT2D eigenvalue weighted by Crippen LogP contribution is -2.12. The molecule has 0 spiro atoms. The minimum atomic E-state index is 0.694. The Morgan fingerprint density at radius 3 is 3.05 bits per heavy atom. The summed E-state index contributed by atoms with van der Waals surface area (Å²) in [5.74, 6) is 2.99. The lowest BCUT2D eigenvalue weighted by atomic mass is 10.3. The van der Waals surface area contributed by atoms with Gasteiger partial charge in [-0.1, -0.05) is 12.1 Å². The molecule has 0 radical (unpaired) electrons. The first-order valence-corrected chi connectivity index (χ1v) is 7.23. The highest BCUT2D eigenvalue weighted by molar-refractivity contribution is 5.75. The van der Waals surface area contributed by atoms with Crippen molar-refractivity contribution in [2.24, 2.45) is 0 Å². The van der Waals surface area contributed by atoms with Crippen LogP contribution in [0.15, 0.2) is 24.3 Å². The van der Waals surface area contributed by atoms with E-state index in [0.29, 0.717) is 6.54 Å². The van der Waals surface area contributed by atoms with Crippen LogP contribution in [0.1, 0.15) is 17.5 Å². The van der Waals surface area contributed by atoms with Gasteiger partial charge in [-0.15, -0.1) is 10.2 Å². The summed E-state index contributed by atoms with van der Waals surface area (Å²) in [6.45, 7) is 5.00. The fourth-order valence-electron chi connectivity index (χ4n) is 2.89. The van der Waals surface area contributed by atoms with Crippen LogP contribution in [0, 0.1) is 6.92 Å². The zero-order chi connectivity index (χ0) is 14.2. The average molecular weight is 283 g/mol. The van der Waals surface area contributed by atoms with E-state index in [-0.39, 0.29) is 0 Å². The van der Waals surface area contributed by atoms with Crippen molar-refractivity contribution in [3.05, 3.63) is 41.7 Å². The van der Waals surface area contributed by atoms with Gasteiger partial charge in [0.05, 0.1) is 30.8 Å². The zero-order valence-corrected chi connectivity index (χ0v) is 12.0. The number of hydrogen-bond acceptors (Lipinski definition) is 4. The summed E-state index contributed by atoms with van der Waals surface area (Å²) in [6.07, 6.45) is 0.830. The van der Waals surface area contributed by atoms with Crippen molar-refractivity contribution < 1.29 is 4.74 Å². The number of hydrogen-bond donors (Lipinski definition) is 0. The molecule has 0 N–H and O–H groups in total. The van der Waals surface area contributed by atoms with Gasteiger partial charge in [-0.25, -0.2) is 4.98 Å². The van der Waals surface area contributed by atoms with Crippen LogP contribution in [0.4, 0.5) is 0 Å². The molecule has 0 fully saturated rings. The van der Waals surface area contributed by atoms with Crippen LogP contribution in [0.5, 0.6) is 0 Å². The Labute approximate surface area is 122 Å². The summed E-state index contributed by atoms with van der Waals surface area (Å²) in [5.41, 5.74) is 2.16. The topological polar surface area (TPSA) is 57.8 Å². The van der Waals surface area contributed by atoms with Crippen LogP contribution in [0.25, 0.3) is 11.0 Å². The third kappa shape index (κ3) is 2.12. The van der Waals surface area contributed by atoms with Gasteiger partial charge in [-0.3, -0.25) is 0 Å². The molecule has 0 saturated carbocycles. The average Bonchev–Trinajstić information content (AvgIpc) is 2.91. The van der Waals surface area contributed by atoms with Crippen molar-refractivity contribution in [1.82, 2.24) is 24.3 Å². The molecule has 0 atom stereocenters. The van der Waals surface area contributed by atoms with Gasteiger partial charge >= 0.3 is 0 Å². The van der Waals surface area contributed by atoms with Crippen LogP contribution in [0.2, 0.25) is 0 Å². The molecule has 6 heteroatoms. The van der Waals surface area contributed by atoms with Gasteiger partial charge in [-0.05, 0) is 19.1 Å². The number of imidazole rings is 1. The van der Waals surface area contributed by atoms with Crippen molar-refractivity contribution in [3.8, 4) is 0 Å². The van der Waals surface area contributed by atoms with Gasteiger partial charge in [-0.2, -0.15) is 0 Å². The maximum atomic E-state index is 5.51. The molecule has 0 bridgehead atoms. The van der Waals surface area contributed by atoms with Gasteiger partial charge < -0.3 is 13.9 Å². The molecule has 1 aliphatic heterocycles. The van der Waals surface area contributed by atoms with Crippen LogP contribution in [-0.4, -0.2) is 37.5 Å². The highest BCUT2D eigenvalue weighted by Gasteiger charge is 2.16. The Balaban J connectivity index is 1.75. The first-order valence-electron chi connectivity index (χ1n) is 7.23. The first kappa shape index (κ1) is 12.5. The van der Waals surface area contributed by atoms with E-state index in [1.54, 1.807) is 0 Å². The number of ether oxygens (including phenoxy) is 1. The van der Waals surface area contributed by atoms with E-state index in [0.717, 1.165) is 54.7 Å². The van der Waals surface area contributed by atoms with Gasteiger partial charge in [0.2, 0.25) is 0 Å². The Morgan fingerprint density at radius 2 is 2.10 bits per heavy atom. The molecule has 3 aromatic rings. The molecule has 0 saturated heterocycles. The predicted molar refractivity (Wildman–Crippen MR) is 78.1 cm³/mol. The molecular formula is C15H17N5O. The molecule has 21 heavy (non-hydrogen) atoms. The predicted octanol–water partition coefficient (Wildman–Crippen LogP) is 1.56. The second-order valence-electron chi connectivity index (χ2n) is 5.28. The fraction of sp³-hybridized carbons (Fsp3) is 0.400. The lowest BCUT2D eigenvalue weighted by molar-refractivity contribution is 0.139. The van der Waals surface area contributed by atoms with E-state index < -0.39 is 0 Å². The Bertz CT molecular complexity index is 789. The maximum Gasteiger partial charge on any atom is 0.153 e. The summed E-state index contributed by atoms with van der Waals surface area (Å²) < 4.78 is 9.89. The molecule has 0 amide bonds. The van der Waals surface area contributed by atoms with Gasteiger partial charge in [0.15, 0.2) is 5.82 Å². The van der Waals surface area contributed by atoms with Crippen molar-refractivity contribution in [1.29, 1.82) is 0 Å². The number of aromatic nitrogens is 5. The number of rotatable bonds is 2. The molecule has 4 rings (SSSR count). The van der Waals surface area contributed by atoms with Crippen LogP contribution in [0.3, 0.4) is 0 Å². The third-order valence-electron chi connectivity index (χ3n) is 3.98. The molecule has 2 aromatic heterocycles. The molecule has 1 aliphatic rings. The summed E-state index contributed by atoms with van der Waals surface area (Å²) in [6, 6.07) is 8.19. The third-order valence-corrected chi connectivity index (χ3v) is 3.98. The largest absolute Gasteiger partial charge is 0.379 e. The molecule has 0 unspecified atom stereocenters. The summed E-state index contributed by atoms with van der Waals surface area (Å²) in [5, 5.41) is 8.68. The van der Waals surface area contributed by atoms with E-state index >= 15 is 0 Å². The number of fused-ring (bicyclic) bond motifs is 2. The van der Waals surface area contributed by atoms with Crippen molar-refractivity contribution >= 4 is 11.0 Å². The smallest absolute Gasteiger partial charge is 0.153 e. The van der Waals surface area contributed by atoms with E-state index in [4.69, 9.17) is 4.74 Å². The molecule has 0 aliphatic carbocycles. The normalized spacial score (nSPS) is 15.1. The zero-order valence-electron chi connectivity index (χ0n) is 12.0. The Morgan fingerprint density at radius 1 is 1.19 bits per heavy atom. The summed E-state index contributed by atoms with van der Waals surface area (Å²) >= 11 is 0. The van der Waals surface area contributed by atoms with Crippen LogP contribution >= 0.6 is 0 Å². The number of aryl methyl sites for hydroxylation is 1.